The van der Waals surface area contributed by atoms with Gasteiger partial charge >= 0.3 is 5.97 Å². The number of anilines is 1. The second-order valence-electron chi connectivity index (χ2n) is 6.47. The van der Waals surface area contributed by atoms with E-state index in [-0.39, 0.29) is 5.91 Å². The van der Waals surface area contributed by atoms with E-state index in [0.717, 1.165) is 23.2 Å². The zero-order valence-electron chi connectivity index (χ0n) is 17.4. The van der Waals surface area contributed by atoms with Gasteiger partial charge in [0.05, 0.1) is 14.2 Å². The van der Waals surface area contributed by atoms with Gasteiger partial charge in [0.1, 0.15) is 11.5 Å². The number of hydrogen-bond donors (Lipinski definition) is 1. The van der Waals surface area contributed by atoms with Crippen LogP contribution in [0.1, 0.15) is 30.5 Å². The molecule has 0 heterocycles. The van der Waals surface area contributed by atoms with Crippen molar-refractivity contribution in [2.24, 2.45) is 0 Å². The highest BCUT2D eigenvalue weighted by molar-refractivity contribution is 5.97. The van der Waals surface area contributed by atoms with Crippen molar-refractivity contribution in [3.8, 4) is 11.5 Å². The molecule has 2 aromatic rings. The molecular formula is C23H27NO5. The third-order valence-electron chi connectivity index (χ3n) is 4.49. The van der Waals surface area contributed by atoms with Crippen LogP contribution in [0.5, 0.6) is 11.5 Å². The fourth-order valence-electron chi connectivity index (χ4n) is 2.81. The quantitative estimate of drug-likeness (QED) is 0.535. The first kappa shape index (κ1) is 22.0. The molecule has 1 N–H and O–H groups in total. The van der Waals surface area contributed by atoms with Crippen LogP contribution in [0.2, 0.25) is 0 Å². The van der Waals surface area contributed by atoms with Crippen LogP contribution in [0.15, 0.2) is 42.5 Å². The molecule has 29 heavy (non-hydrogen) atoms. The Morgan fingerprint density at radius 1 is 1.14 bits per heavy atom. The first-order chi connectivity index (χ1) is 13.9. The smallest absolute Gasteiger partial charge is 0.331 e. The molecule has 0 aliphatic carbocycles. The lowest BCUT2D eigenvalue weighted by Gasteiger charge is -2.16. The second kappa shape index (κ2) is 10.3. The molecule has 0 aliphatic rings. The molecule has 1 unspecified atom stereocenters. The molecule has 0 bridgehead atoms. The number of hydrogen-bond acceptors (Lipinski definition) is 5. The maximum Gasteiger partial charge on any atom is 0.331 e. The van der Waals surface area contributed by atoms with E-state index in [4.69, 9.17) is 14.2 Å². The Kier molecular flexibility index (Phi) is 7.83. The van der Waals surface area contributed by atoms with E-state index in [0.29, 0.717) is 17.1 Å². The molecule has 1 atom stereocenters. The third kappa shape index (κ3) is 5.85. The van der Waals surface area contributed by atoms with E-state index in [1.807, 2.05) is 32.0 Å². The Hall–Kier alpha value is -3.28. The van der Waals surface area contributed by atoms with Gasteiger partial charge in [0.2, 0.25) is 0 Å². The normalized spacial score (nSPS) is 11.8. The Morgan fingerprint density at radius 2 is 1.90 bits per heavy atom. The van der Waals surface area contributed by atoms with E-state index >= 15 is 0 Å². The van der Waals surface area contributed by atoms with E-state index < -0.39 is 12.1 Å². The average Bonchev–Trinajstić information content (AvgIpc) is 2.73. The molecule has 154 valence electrons. The van der Waals surface area contributed by atoms with Crippen LogP contribution in [0.3, 0.4) is 0 Å². The summed E-state index contributed by atoms with van der Waals surface area (Å²) in [6.07, 6.45) is 2.69. The van der Waals surface area contributed by atoms with Gasteiger partial charge in [-0.15, -0.1) is 0 Å². The zero-order valence-corrected chi connectivity index (χ0v) is 17.4. The minimum Gasteiger partial charge on any atom is -0.497 e. The van der Waals surface area contributed by atoms with Crippen LogP contribution in [0.25, 0.3) is 6.08 Å². The Balaban J connectivity index is 2.02. The summed E-state index contributed by atoms with van der Waals surface area (Å²) in [5, 5.41) is 2.87. The molecule has 0 saturated heterocycles. The molecule has 2 rings (SSSR count). The first-order valence-electron chi connectivity index (χ1n) is 9.39. The number of rotatable bonds is 8. The van der Waals surface area contributed by atoms with Crippen LogP contribution >= 0.6 is 0 Å². The number of esters is 1. The van der Waals surface area contributed by atoms with Crippen LogP contribution in [0.4, 0.5) is 5.69 Å². The fourth-order valence-corrected chi connectivity index (χ4v) is 2.81. The number of benzene rings is 2. The number of carbonyl (C=O) groups excluding carboxylic acids is 2. The summed E-state index contributed by atoms with van der Waals surface area (Å²) in [6, 6.07) is 11.1. The van der Waals surface area contributed by atoms with Gasteiger partial charge in [-0.2, -0.15) is 0 Å². The minimum atomic E-state index is -0.936. The van der Waals surface area contributed by atoms with Crippen molar-refractivity contribution in [1.82, 2.24) is 0 Å². The highest BCUT2D eigenvalue weighted by atomic mass is 16.5. The van der Waals surface area contributed by atoms with Crippen LogP contribution in [0, 0.1) is 6.92 Å². The molecule has 0 spiro atoms. The molecule has 2 aromatic carbocycles. The fraction of sp³-hybridized carbons (Fsp3) is 0.304. The van der Waals surface area contributed by atoms with E-state index in [1.54, 1.807) is 38.3 Å². The minimum absolute atomic E-state index is 0.377. The number of ether oxygens (including phenoxy) is 3. The summed E-state index contributed by atoms with van der Waals surface area (Å²) in [5.41, 5.74) is 3.45. The molecule has 6 heteroatoms. The zero-order chi connectivity index (χ0) is 21.4. The highest BCUT2D eigenvalue weighted by Crippen LogP contribution is 2.25. The van der Waals surface area contributed by atoms with E-state index in [2.05, 4.69) is 5.32 Å². The number of para-hydroxylation sites is 1. The van der Waals surface area contributed by atoms with E-state index in [9.17, 15) is 9.59 Å². The van der Waals surface area contributed by atoms with Crippen LogP contribution < -0.4 is 14.8 Å². The molecular weight excluding hydrogens is 370 g/mol. The predicted molar refractivity (Wildman–Crippen MR) is 113 cm³/mol. The van der Waals surface area contributed by atoms with Gasteiger partial charge in [-0.05, 0) is 49.6 Å². The van der Waals surface area contributed by atoms with Crippen LogP contribution in [-0.4, -0.2) is 32.2 Å². The van der Waals surface area contributed by atoms with Crippen molar-refractivity contribution in [2.45, 2.75) is 33.3 Å². The van der Waals surface area contributed by atoms with Crippen molar-refractivity contribution < 1.29 is 23.8 Å². The number of methoxy groups -OCH3 is 2. The number of nitrogens with one attached hydrogen (secondary N) is 1. The number of carbonyl (C=O) groups is 2. The van der Waals surface area contributed by atoms with Gasteiger partial charge in [0, 0.05) is 23.4 Å². The topological polar surface area (TPSA) is 73.9 Å². The number of aryl methyl sites for hydroxylation is 2. The Bertz CT molecular complexity index is 904. The first-order valence-corrected chi connectivity index (χ1v) is 9.39. The van der Waals surface area contributed by atoms with Gasteiger partial charge in [0.25, 0.3) is 5.91 Å². The Morgan fingerprint density at radius 3 is 2.55 bits per heavy atom. The van der Waals surface area contributed by atoms with Gasteiger partial charge < -0.3 is 19.5 Å². The molecule has 0 radical (unpaired) electrons. The largest absolute Gasteiger partial charge is 0.497 e. The molecule has 0 fully saturated rings. The molecule has 1 amide bonds. The number of amides is 1. The molecule has 0 aromatic heterocycles. The summed E-state index contributed by atoms with van der Waals surface area (Å²) in [4.78, 5) is 24.6. The van der Waals surface area contributed by atoms with Crippen molar-refractivity contribution >= 4 is 23.6 Å². The summed E-state index contributed by atoms with van der Waals surface area (Å²) in [7, 11) is 3.10. The lowest BCUT2D eigenvalue weighted by atomic mass is 10.1. The maximum absolute atomic E-state index is 12.5. The average molecular weight is 397 g/mol. The molecule has 0 saturated carbocycles. The predicted octanol–water partition coefficient (Wildman–Crippen LogP) is 4.16. The summed E-state index contributed by atoms with van der Waals surface area (Å²) in [6.45, 7) is 5.49. The Labute approximate surface area is 171 Å². The van der Waals surface area contributed by atoms with E-state index in [1.165, 1.54) is 13.2 Å². The van der Waals surface area contributed by atoms with Crippen molar-refractivity contribution in [3.05, 3.63) is 59.2 Å². The lowest BCUT2D eigenvalue weighted by Crippen LogP contribution is -2.30. The SMILES string of the molecule is CCc1cccc(C)c1NC(=O)C(C)OC(=O)C=Cc1ccc(OC)cc1OC. The standard InChI is InChI=1S/C23H27NO5/c1-6-17-9-7-8-15(2)22(17)24-23(26)16(3)29-21(25)13-11-18-10-12-19(27-4)14-20(18)28-5/h7-14,16H,6H2,1-5H3,(H,24,26). The monoisotopic (exact) mass is 397 g/mol. The van der Waals surface area contributed by atoms with Crippen molar-refractivity contribution in [3.63, 3.8) is 0 Å². The van der Waals surface area contributed by atoms with Crippen LogP contribution in [-0.2, 0) is 20.7 Å². The van der Waals surface area contributed by atoms with Gasteiger partial charge in [-0.3, -0.25) is 4.79 Å². The van der Waals surface area contributed by atoms with Gasteiger partial charge in [-0.1, -0.05) is 25.1 Å². The molecule has 6 nitrogen and oxygen atoms in total. The summed E-state index contributed by atoms with van der Waals surface area (Å²) >= 11 is 0. The van der Waals surface area contributed by atoms with Crippen molar-refractivity contribution in [1.29, 1.82) is 0 Å². The van der Waals surface area contributed by atoms with Gasteiger partial charge in [-0.25, -0.2) is 4.79 Å². The van der Waals surface area contributed by atoms with Gasteiger partial charge in [0.15, 0.2) is 6.10 Å². The third-order valence-corrected chi connectivity index (χ3v) is 4.49. The van der Waals surface area contributed by atoms with Crippen molar-refractivity contribution in [2.75, 3.05) is 19.5 Å². The highest BCUT2D eigenvalue weighted by Gasteiger charge is 2.18. The summed E-state index contributed by atoms with van der Waals surface area (Å²) < 4.78 is 15.7. The second-order valence-corrected chi connectivity index (χ2v) is 6.47. The molecule has 0 aliphatic heterocycles. The maximum atomic E-state index is 12.5. The summed E-state index contributed by atoms with van der Waals surface area (Å²) in [5.74, 6) is 0.212. The lowest BCUT2D eigenvalue weighted by molar-refractivity contribution is -0.148.